The summed E-state index contributed by atoms with van der Waals surface area (Å²) >= 11 is 1.26. The summed E-state index contributed by atoms with van der Waals surface area (Å²) in [5.41, 5.74) is 1.35. The topological polar surface area (TPSA) is 77.5 Å². The third kappa shape index (κ3) is 2.27. The van der Waals surface area contributed by atoms with Crippen LogP contribution in [0.5, 0.6) is 0 Å². The van der Waals surface area contributed by atoms with Crippen LogP contribution in [0, 0.1) is 0 Å². The number of carbonyl (C=O) groups is 4. The Morgan fingerprint density at radius 1 is 0.792 bits per heavy atom. The number of ketones is 2. The summed E-state index contributed by atoms with van der Waals surface area (Å²) in [5.74, 6) is -1.40. The minimum absolute atomic E-state index is 0.0315. The van der Waals surface area contributed by atoms with E-state index in [1.54, 1.807) is 36.4 Å². The highest BCUT2D eigenvalue weighted by atomic mass is 32.2. The number of hydrogen-bond acceptors (Lipinski definition) is 6. The lowest BCUT2D eigenvalue weighted by Crippen LogP contribution is -2.16. The van der Waals surface area contributed by atoms with Crippen LogP contribution in [0.3, 0.4) is 0 Å². The van der Waals surface area contributed by atoms with Crippen molar-refractivity contribution in [3.05, 3.63) is 58.7 Å². The predicted octanol–water partition coefficient (Wildman–Crippen LogP) is 3.31. The van der Waals surface area contributed by atoms with Crippen LogP contribution in [-0.2, 0) is 4.74 Å². The summed E-state index contributed by atoms with van der Waals surface area (Å²) in [6.45, 7) is 0. The van der Waals surface area contributed by atoms with Crippen LogP contribution in [-0.4, -0.2) is 23.5 Å². The molecule has 118 valence electrons. The molecule has 0 radical (unpaired) electrons. The number of hydrogen-bond donors (Lipinski definition) is 0. The second-order valence-electron chi connectivity index (χ2n) is 5.51. The van der Waals surface area contributed by atoms with Crippen LogP contribution < -0.4 is 0 Å². The highest BCUT2D eigenvalue weighted by Crippen LogP contribution is 2.36. The van der Waals surface area contributed by atoms with Crippen molar-refractivity contribution in [2.24, 2.45) is 0 Å². The van der Waals surface area contributed by atoms with Gasteiger partial charge in [-0.2, -0.15) is 0 Å². The molecule has 0 atom stereocenters. The third-order valence-corrected chi connectivity index (χ3v) is 5.08. The first-order valence-corrected chi connectivity index (χ1v) is 8.14. The first kappa shape index (κ1) is 14.8. The first-order valence-electron chi connectivity index (χ1n) is 7.32. The molecule has 0 saturated carbocycles. The van der Waals surface area contributed by atoms with Gasteiger partial charge in [0.2, 0.25) is 0 Å². The molecule has 0 saturated heterocycles. The SMILES string of the molecule is O=C1CCC(=O)c2cc(Sc3cccc4c3C(=O)OC4=O)ccc21. The molecule has 2 aromatic rings. The molecule has 0 spiro atoms. The highest BCUT2D eigenvalue weighted by molar-refractivity contribution is 7.99. The Labute approximate surface area is 141 Å². The van der Waals surface area contributed by atoms with Gasteiger partial charge in [-0.25, -0.2) is 9.59 Å². The van der Waals surface area contributed by atoms with Gasteiger partial charge in [-0.05, 0) is 30.3 Å². The minimum Gasteiger partial charge on any atom is -0.386 e. The fourth-order valence-corrected chi connectivity index (χ4v) is 3.88. The highest BCUT2D eigenvalue weighted by Gasteiger charge is 2.32. The average Bonchev–Trinajstić information content (AvgIpc) is 2.87. The Balaban J connectivity index is 1.75. The standard InChI is InChI=1S/C18H10O5S/c19-13-6-7-14(20)12-8-9(4-5-10(12)13)24-15-3-1-2-11-16(15)18(22)23-17(11)21/h1-5,8H,6-7H2. The van der Waals surface area contributed by atoms with Crippen molar-refractivity contribution >= 4 is 35.3 Å². The van der Waals surface area contributed by atoms with E-state index in [0.717, 1.165) is 4.90 Å². The van der Waals surface area contributed by atoms with Crippen molar-refractivity contribution in [2.75, 3.05) is 0 Å². The van der Waals surface area contributed by atoms with Gasteiger partial charge in [-0.15, -0.1) is 0 Å². The molecule has 0 fully saturated rings. The third-order valence-electron chi connectivity index (χ3n) is 4.03. The number of benzene rings is 2. The molecule has 1 aliphatic carbocycles. The largest absolute Gasteiger partial charge is 0.386 e. The number of Topliss-reactive ketones (excluding diaryl/α,β-unsaturated/α-hetero) is 2. The maximum absolute atomic E-state index is 12.0. The van der Waals surface area contributed by atoms with E-state index in [1.165, 1.54) is 11.8 Å². The summed E-state index contributed by atoms with van der Waals surface area (Å²) in [6.07, 6.45) is 0.472. The lowest BCUT2D eigenvalue weighted by atomic mass is 9.90. The van der Waals surface area contributed by atoms with Gasteiger partial charge in [0, 0.05) is 33.8 Å². The van der Waals surface area contributed by atoms with Crippen LogP contribution in [0.1, 0.15) is 54.3 Å². The Kier molecular flexibility index (Phi) is 3.35. The zero-order valence-corrected chi connectivity index (χ0v) is 13.1. The van der Waals surface area contributed by atoms with Crippen molar-refractivity contribution in [3.63, 3.8) is 0 Å². The molecule has 0 unspecified atom stereocenters. The number of esters is 2. The molecule has 0 amide bonds. The predicted molar refractivity (Wildman–Crippen MR) is 84.6 cm³/mol. The van der Waals surface area contributed by atoms with Gasteiger partial charge in [0.25, 0.3) is 0 Å². The summed E-state index contributed by atoms with van der Waals surface area (Å²) in [5, 5.41) is 0. The number of carbonyl (C=O) groups excluding carboxylic acids is 4. The second-order valence-corrected chi connectivity index (χ2v) is 6.63. The van der Waals surface area contributed by atoms with Crippen LogP contribution >= 0.6 is 11.8 Å². The number of cyclic esters (lactones) is 2. The maximum atomic E-state index is 12.0. The van der Waals surface area contributed by atoms with E-state index in [2.05, 4.69) is 4.74 Å². The van der Waals surface area contributed by atoms with Gasteiger partial charge in [-0.1, -0.05) is 17.8 Å². The molecular weight excluding hydrogens is 328 g/mol. The molecule has 0 bridgehead atoms. The van der Waals surface area contributed by atoms with E-state index >= 15 is 0 Å². The molecule has 1 aliphatic heterocycles. The molecule has 0 N–H and O–H groups in total. The molecule has 2 aliphatic rings. The lowest BCUT2D eigenvalue weighted by Gasteiger charge is -2.14. The summed E-state index contributed by atoms with van der Waals surface area (Å²) in [6, 6.07) is 9.98. The van der Waals surface area contributed by atoms with Crippen molar-refractivity contribution in [1.82, 2.24) is 0 Å². The molecule has 6 heteroatoms. The van der Waals surface area contributed by atoms with Crippen molar-refractivity contribution < 1.29 is 23.9 Å². The van der Waals surface area contributed by atoms with Crippen LogP contribution in [0.4, 0.5) is 0 Å². The molecule has 5 nitrogen and oxygen atoms in total. The lowest BCUT2D eigenvalue weighted by molar-refractivity contribution is 0.0442. The van der Waals surface area contributed by atoms with E-state index in [4.69, 9.17) is 0 Å². The normalized spacial score (nSPS) is 16.0. The zero-order chi connectivity index (χ0) is 16.8. The summed E-state index contributed by atoms with van der Waals surface area (Å²) < 4.78 is 4.64. The second kappa shape index (κ2) is 5.42. The van der Waals surface area contributed by atoms with Gasteiger partial charge < -0.3 is 4.74 Å². The monoisotopic (exact) mass is 338 g/mol. The minimum atomic E-state index is -0.665. The van der Waals surface area contributed by atoms with Crippen LogP contribution in [0.25, 0.3) is 0 Å². The Morgan fingerprint density at radius 2 is 1.54 bits per heavy atom. The van der Waals surface area contributed by atoms with E-state index in [9.17, 15) is 19.2 Å². The van der Waals surface area contributed by atoms with E-state index in [-0.39, 0.29) is 35.5 Å². The van der Waals surface area contributed by atoms with E-state index in [1.807, 2.05) is 0 Å². The summed E-state index contributed by atoms with van der Waals surface area (Å²) in [4.78, 5) is 48.7. The van der Waals surface area contributed by atoms with Crippen molar-refractivity contribution in [3.8, 4) is 0 Å². The van der Waals surface area contributed by atoms with Gasteiger partial charge >= 0.3 is 11.9 Å². The molecule has 24 heavy (non-hydrogen) atoms. The summed E-state index contributed by atoms with van der Waals surface area (Å²) in [7, 11) is 0. The fourth-order valence-electron chi connectivity index (χ4n) is 2.87. The van der Waals surface area contributed by atoms with Gasteiger partial charge in [-0.3, -0.25) is 9.59 Å². The first-order chi connectivity index (χ1) is 11.5. The van der Waals surface area contributed by atoms with Crippen molar-refractivity contribution in [1.29, 1.82) is 0 Å². The molecular formula is C18H10O5S. The van der Waals surface area contributed by atoms with Crippen LogP contribution in [0.2, 0.25) is 0 Å². The molecule has 1 heterocycles. The van der Waals surface area contributed by atoms with Gasteiger partial charge in [0.1, 0.15) is 0 Å². The van der Waals surface area contributed by atoms with Gasteiger partial charge in [0.15, 0.2) is 11.6 Å². The average molecular weight is 338 g/mol. The molecule has 4 rings (SSSR count). The van der Waals surface area contributed by atoms with Crippen LogP contribution in [0.15, 0.2) is 46.2 Å². The Hall–Kier alpha value is -2.73. The van der Waals surface area contributed by atoms with Gasteiger partial charge in [0.05, 0.1) is 11.1 Å². The molecule has 2 aromatic carbocycles. The Morgan fingerprint density at radius 3 is 2.33 bits per heavy atom. The maximum Gasteiger partial charge on any atom is 0.348 e. The number of rotatable bonds is 2. The fraction of sp³-hybridized carbons (Fsp3) is 0.111. The number of ether oxygens (including phenoxy) is 1. The Bertz CT molecular complexity index is 944. The number of fused-ring (bicyclic) bond motifs is 2. The quantitative estimate of drug-likeness (QED) is 0.617. The smallest absolute Gasteiger partial charge is 0.348 e. The zero-order valence-electron chi connectivity index (χ0n) is 12.3. The van der Waals surface area contributed by atoms with Crippen molar-refractivity contribution in [2.45, 2.75) is 22.6 Å². The molecule has 0 aromatic heterocycles. The van der Waals surface area contributed by atoms with E-state index < -0.39 is 11.9 Å². The van der Waals surface area contributed by atoms with E-state index in [0.29, 0.717) is 16.0 Å².